The fourth-order valence-corrected chi connectivity index (χ4v) is 4.94. The monoisotopic (exact) mass is 404 g/mol. The number of benzene rings is 2. The van der Waals surface area contributed by atoms with Gasteiger partial charge in [-0.25, -0.2) is 0 Å². The molecule has 6 heteroatoms. The molecule has 2 heterocycles. The summed E-state index contributed by atoms with van der Waals surface area (Å²) in [6, 6.07) is 18.9. The number of aryl methyl sites for hydroxylation is 1. The highest BCUT2D eigenvalue weighted by Crippen LogP contribution is 2.43. The molecule has 29 heavy (non-hydrogen) atoms. The van der Waals surface area contributed by atoms with Crippen LogP contribution in [0.2, 0.25) is 0 Å². The van der Waals surface area contributed by atoms with Crippen molar-refractivity contribution in [2.24, 2.45) is 0 Å². The van der Waals surface area contributed by atoms with Gasteiger partial charge in [-0.1, -0.05) is 41.6 Å². The Morgan fingerprint density at radius 3 is 2.41 bits per heavy atom. The smallest absolute Gasteiger partial charge is 0.229 e. The summed E-state index contributed by atoms with van der Waals surface area (Å²) in [7, 11) is 4.03. The zero-order chi connectivity index (χ0) is 20.5. The van der Waals surface area contributed by atoms with E-state index < -0.39 is 0 Å². The van der Waals surface area contributed by atoms with Gasteiger partial charge >= 0.3 is 0 Å². The fraction of sp³-hybridized carbons (Fsp3) is 0.304. The van der Waals surface area contributed by atoms with Crippen LogP contribution in [0.15, 0.2) is 59.1 Å². The average Bonchev–Trinajstić information content (AvgIpc) is 2.74. The normalized spacial score (nSPS) is 19.1. The van der Waals surface area contributed by atoms with Crippen LogP contribution in [0, 0.1) is 18.3 Å². The first-order valence-electron chi connectivity index (χ1n) is 9.64. The molecule has 148 valence electrons. The van der Waals surface area contributed by atoms with E-state index in [1.807, 2.05) is 45.3 Å². The van der Waals surface area contributed by atoms with E-state index in [-0.39, 0.29) is 11.8 Å². The molecule has 5 nitrogen and oxygen atoms in total. The number of carbonyl (C=O) groups excluding carboxylic acids is 1. The highest BCUT2D eigenvalue weighted by molar-refractivity contribution is 8.03. The highest BCUT2D eigenvalue weighted by atomic mass is 32.2. The predicted octanol–water partition coefficient (Wildman–Crippen LogP) is 4.28. The molecule has 4 rings (SSSR count). The summed E-state index contributed by atoms with van der Waals surface area (Å²) in [5.74, 6) is 0.635. The van der Waals surface area contributed by atoms with Crippen molar-refractivity contribution in [3.63, 3.8) is 0 Å². The number of allylic oxidation sites excluding steroid dienone is 1. The van der Waals surface area contributed by atoms with Gasteiger partial charge < -0.3 is 9.80 Å². The van der Waals surface area contributed by atoms with Gasteiger partial charge in [0.05, 0.1) is 29.2 Å². The van der Waals surface area contributed by atoms with Crippen LogP contribution >= 0.6 is 11.8 Å². The summed E-state index contributed by atoms with van der Waals surface area (Å²) in [6.07, 6.45) is 0.337. The molecule has 1 amide bonds. The molecule has 2 aliphatic rings. The Hall–Kier alpha value is -2.91. The number of amides is 1. The Kier molecular flexibility index (Phi) is 5.25. The van der Waals surface area contributed by atoms with Crippen molar-refractivity contribution in [2.75, 3.05) is 36.4 Å². The third kappa shape index (κ3) is 3.70. The predicted molar refractivity (Wildman–Crippen MR) is 119 cm³/mol. The molecule has 0 N–H and O–H groups in total. The maximum atomic E-state index is 13.0. The van der Waals surface area contributed by atoms with Crippen LogP contribution in [0.3, 0.4) is 0 Å². The Labute approximate surface area is 176 Å². The molecule has 0 saturated carbocycles. The number of nitrogens with zero attached hydrogens (tertiary/aromatic N) is 4. The minimum Gasteiger partial charge on any atom is -0.378 e. The van der Waals surface area contributed by atoms with Crippen LogP contribution < -0.4 is 9.80 Å². The molecule has 2 aromatic rings. The van der Waals surface area contributed by atoms with Gasteiger partial charge in [0.2, 0.25) is 5.91 Å². The zero-order valence-electron chi connectivity index (χ0n) is 16.9. The Balaban J connectivity index is 1.61. The molecule has 1 saturated heterocycles. The summed E-state index contributed by atoms with van der Waals surface area (Å²) < 4.78 is 0. The number of nitriles is 1. The molecule has 0 spiro atoms. The average molecular weight is 405 g/mol. The lowest BCUT2D eigenvalue weighted by molar-refractivity contribution is -0.129. The van der Waals surface area contributed by atoms with Crippen molar-refractivity contribution in [3.05, 3.63) is 70.3 Å². The molecule has 0 aliphatic carbocycles. The summed E-state index contributed by atoms with van der Waals surface area (Å²) in [5, 5.41) is 10.7. The highest BCUT2D eigenvalue weighted by Gasteiger charge is 2.38. The third-order valence-corrected chi connectivity index (χ3v) is 6.66. The van der Waals surface area contributed by atoms with E-state index in [9.17, 15) is 10.1 Å². The van der Waals surface area contributed by atoms with E-state index in [1.165, 1.54) is 5.56 Å². The van der Waals surface area contributed by atoms with Crippen molar-refractivity contribution in [2.45, 2.75) is 19.3 Å². The largest absolute Gasteiger partial charge is 0.378 e. The number of hydrogen-bond acceptors (Lipinski definition) is 5. The Morgan fingerprint density at radius 2 is 1.79 bits per heavy atom. The van der Waals surface area contributed by atoms with Gasteiger partial charge in [0, 0.05) is 37.8 Å². The van der Waals surface area contributed by atoms with Gasteiger partial charge in [0.15, 0.2) is 0 Å². The van der Waals surface area contributed by atoms with Crippen LogP contribution in [0.1, 0.15) is 23.5 Å². The minimum absolute atomic E-state index is 0.0756. The Morgan fingerprint density at radius 1 is 1.10 bits per heavy atom. The molecule has 0 radical (unpaired) electrons. The van der Waals surface area contributed by atoms with E-state index in [0.717, 1.165) is 22.0 Å². The van der Waals surface area contributed by atoms with Crippen molar-refractivity contribution >= 4 is 29.0 Å². The molecular weight excluding hydrogens is 380 g/mol. The van der Waals surface area contributed by atoms with Gasteiger partial charge in [0.1, 0.15) is 0 Å². The first-order valence-corrected chi connectivity index (χ1v) is 10.6. The van der Waals surface area contributed by atoms with E-state index in [0.29, 0.717) is 24.5 Å². The summed E-state index contributed by atoms with van der Waals surface area (Å²) in [6.45, 7) is 2.52. The maximum absolute atomic E-state index is 13.0. The van der Waals surface area contributed by atoms with Crippen LogP contribution in [-0.2, 0) is 4.79 Å². The van der Waals surface area contributed by atoms with Gasteiger partial charge in [-0.2, -0.15) is 5.26 Å². The molecule has 1 fully saturated rings. The second-order valence-electron chi connectivity index (χ2n) is 7.69. The molecule has 0 aromatic heterocycles. The zero-order valence-corrected chi connectivity index (χ0v) is 17.7. The Bertz CT molecular complexity index is 989. The van der Waals surface area contributed by atoms with Crippen LogP contribution in [-0.4, -0.2) is 37.4 Å². The molecule has 2 aromatic carbocycles. The van der Waals surface area contributed by atoms with Crippen LogP contribution in [0.25, 0.3) is 0 Å². The molecular formula is C23H24N4OS. The van der Waals surface area contributed by atoms with Gasteiger partial charge in [-0.05, 0) is 36.8 Å². The van der Waals surface area contributed by atoms with Crippen molar-refractivity contribution in [1.29, 1.82) is 5.26 Å². The third-order valence-electron chi connectivity index (χ3n) is 5.50. The number of hydrogen-bond donors (Lipinski definition) is 0. The second kappa shape index (κ2) is 7.84. The van der Waals surface area contributed by atoms with E-state index in [2.05, 4.69) is 40.1 Å². The number of fused-ring (bicyclic) bond motifs is 1. The van der Waals surface area contributed by atoms with E-state index in [4.69, 9.17) is 0 Å². The first kappa shape index (κ1) is 19.4. The lowest BCUT2D eigenvalue weighted by atomic mass is 9.86. The van der Waals surface area contributed by atoms with E-state index >= 15 is 0 Å². The lowest BCUT2D eigenvalue weighted by Gasteiger charge is -2.42. The quantitative estimate of drug-likeness (QED) is 0.764. The number of thioether (sulfide) groups is 1. The SMILES string of the molecule is Cc1ccc(C2CC(=O)N3CN(c4ccc(N(C)C)cc4)CSC3=C2C#N)cc1. The minimum atomic E-state index is -0.155. The molecule has 1 unspecified atom stereocenters. The number of anilines is 2. The van der Waals surface area contributed by atoms with E-state index in [1.54, 1.807) is 16.7 Å². The number of rotatable bonds is 3. The molecule has 1 atom stereocenters. The summed E-state index contributed by atoms with van der Waals surface area (Å²) in [5.41, 5.74) is 5.14. The summed E-state index contributed by atoms with van der Waals surface area (Å²) >= 11 is 1.58. The van der Waals surface area contributed by atoms with Crippen molar-refractivity contribution < 1.29 is 4.79 Å². The number of carbonyl (C=O) groups is 1. The van der Waals surface area contributed by atoms with Crippen LogP contribution in [0.4, 0.5) is 11.4 Å². The molecule has 2 aliphatic heterocycles. The topological polar surface area (TPSA) is 50.6 Å². The lowest BCUT2D eigenvalue weighted by Crippen LogP contribution is -2.47. The first-order chi connectivity index (χ1) is 14.0. The fourth-order valence-electron chi connectivity index (χ4n) is 3.77. The maximum Gasteiger partial charge on any atom is 0.229 e. The standard InChI is InChI=1S/C23H24N4OS/c1-16-4-6-17(7-5-16)20-12-22(28)27-14-26(15-29-23(27)21(20)13-24)19-10-8-18(9-11-19)25(2)3/h4-11,20H,12,14-15H2,1-3H3. The van der Waals surface area contributed by atoms with Gasteiger partial charge in [-0.15, -0.1) is 0 Å². The van der Waals surface area contributed by atoms with Gasteiger partial charge in [-0.3, -0.25) is 9.69 Å². The van der Waals surface area contributed by atoms with Gasteiger partial charge in [0.25, 0.3) is 0 Å². The second-order valence-corrected chi connectivity index (χ2v) is 8.62. The van der Waals surface area contributed by atoms with Crippen molar-refractivity contribution in [3.8, 4) is 6.07 Å². The molecule has 0 bridgehead atoms. The van der Waals surface area contributed by atoms with Crippen LogP contribution in [0.5, 0.6) is 0 Å². The summed E-state index contributed by atoms with van der Waals surface area (Å²) in [4.78, 5) is 19.0. The van der Waals surface area contributed by atoms with Crippen molar-refractivity contribution in [1.82, 2.24) is 4.90 Å².